The molecule has 0 aromatic heterocycles. The summed E-state index contributed by atoms with van der Waals surface area (Å²) in [7, 11) is 1.58. The topological polar surface area (TPSA) is 87.7 Å². The van der Waals surface area contributed by atoms with Crippen LogP contribution in [0.15, 0.2) is 55.1 Å². The van der Waals surface area contributed by atoms with Gasteiger partial charge in [-0.1, -0.05) is 49.1 Å². The van der Waals surface area contributed by atoms with Crippen molar-refractivity contribution in [2.45, 2.75) is 51.8 Å². The highest BCUT2D eigenvalue weighted by Crippen LogP contribution is 2.25. The predicted molar refractivity (Wildman–Crippen MR) is 148 cm³/mol. The molecule has 2 unspecified atom stereocenters. The molecule has 36 heavy (non-hydrogen) atoms. The van der Waals surface area contributed by atoms with Crippen molar-refractivity contribution in [3.63, 3.8) is 0 Å². The lowest BCUT2D eigenvalue weighted by molar-refractivity contribution is -0.139. The van der Waals surface area contributed by atoms with Gasteiger partial charge in [0, 0.05) is 12.7 Å². The van der Waals surface area contributed by atoms with Crippen molar-refractivity contribution in [2.75, 3.05) is 24.4 Å². The van der Waals surface area contributed by atoms with Crippen molar-refractivity contribution < 1.29 is 19.1 Å². The van der Waals surface area contributed by atoms with Gasteiger partial charge in [0.2, 0.25) is 5.91 Å². The summed E-state index contributed by atoms with van der Waals surface area (Å²) < 4.78 is 5.38. The van der Waals surface area contributed by atoms with E-state index in [2.05, 4.69) is 17.2 Å². The van der Waals surface area contributed by atoms with E-state index in [4.69, 9.17) is 4.74 Å². The fraction of sp³-hybridized carbons (Fsp3) is 0.393. The van der Waals surface area contributed by atoms with Crippen molar-refractivity contribution in [3.05, 3.63) is 71.8 Å². The van der Waals surface area contributed by atoms with Gasteiger partial charge in [-0.25, -0.2) is 4.79 Å². The predicted octanol–water partition coefficient (Wildman–Crippen LogP) is 5.42. The van der Waals surface area contributed by atoms with Crippen LogP contribution >= 0.6 is 11.8 Å². The summed E-state index contributed by atoms with van der Waals surface area (Å²) in [5, 5.41) is 5.66. The molecule has 2 atom stereocenters. The zero-order valence-electron chi connectivity index (χ0n) is 22.0. The Labute approximate surface area is 218 Å². The number of anilines is 1. The molecule has 0 spiro atoms. The van der Waals surface area contributed by atoms with Crippen LogP contribution in [0.5, 0.6) is 0 Å². The zero-order chi connectivity index (χ0) is 26.9. The number of nitrogens with zero attached hydrogens (tertiary/aromatic N) is 1. The van der Waals surface area contributed by atoms with Crippen LogP contribution in [0.3, 0.4) is 0 Å². The Morgan fingerprint density at radius 2 is 1.83 bits per heavy atom. The van der Waals surface area contributed by atoms with Crippen LogP contribution in [-0.4, -0.2) is 53.5 Å². The Balaban J connectivity index is 2.41. The normalized spacial score (nSPS) is 12.7. The van der Waals surface area contributed by atoms with E-state index in [1.807, 2.05) is 55.6 Å². The SMILES string of the molecule is C=Cc1cccc(C(C(=O)Nc2ccccc2C)N(C)C(=O)C(CCSC)NC(=O)OC(C)(C)C)c1. The molecule has 194 valence electrons. The number of carbonyl (C=O) groups excluding carboxylic acids is 3. The number of nitrogens with one attached hydrogen (secondary N) is 2. The Hall–Kier alpha value is -3.26. The summed E-state index contributed by atoms with van der Waals surface area (Å²) in [4.78, 5) is 41.2. The molecule has 2 aromatic carbocycles. The number of benzene rings is 2. The van der Waals surface area contributed by atoms with E-state index in [1.165, 1.54) is 4.90 Å². The molecule has 0 radical (unpaired) electrons. The summed E-state index contributed by atoms with van der Waals surface area (Å²) in [5.41, 5.74) is 2.33. The summed E-state index contributed by atoms with van der Waals surface area (Å²) in [6.45, 7) is 11.0. The number of para-hydroxylation sites is 1. The Morgan fingerprint density at radius 1 is 1.14 bits per heavy atom. The first-order chi connectivity index (χ1) is 17.0. The van der Waals surface area contributed by atoms with Crippen molar-refractivity contribution in [1.82, 2.24) is 10.2 Å². The first-order valence-corrected chi connectivity index (χ1v) is 13.2. The molecule has 0 aliphatic rings. The van der Waals surface area contributed by atoms with Crippen molar-refractivity contribution >= 4 is 41.4 Å². The third-order valence-electron chi connectivity index (χ3n) is 5.45. The number of likely N-dealkylation sites (N-methyl/N-ethyl adjacent to an activating group) is 1. The van der Waals surface area contributed by atoms with E-state index >= 15 is 0 Å². The van der Waals surface area contributed by atoms with Crippen LogP contribution in [-0.2, 0) is 14.3 Å². The zero-order valence-corrected chi connectivity index (χ0v) is 22.8. The molecule has 0 saturated carbocycles. The lowest BCUT2D eigenvalue weighted by atomic mass is 10.0. The number of aryl methyl sites for hydroxylation is 1. The van der Waals surface area contributed by atoms with Crippen LogP contribution in [0.2, 0.25) is 0 Å². The number of rotatable bonds is 10. The van der Waals surface area contributed by atoms with Crippen LogP contribution in [0.4, 0.5) is 10.5 Å². The number of thioether (sulfide) groups is 1. The minimum absolute atomic E-state index is 0.359. The van der Waals surface area contributed by atoms with Crippen LogP contribution in [0.1, 0.15) is 49.9 Å². The molecule has 0 bridgehead atoms. The minimum atomic E-state index is -0.936. The quantitative estimate of drug-likeness (QED) is 0.445. The second kappa shape index (κ2) is 13.2. The summed E-state index contributed by atoms with van der Waals surface area (Å²) >= 11 is 1.57. The highest BCUT2D eigenvalue weighted by molar-refractivity contribution is 7.98. The fourth-order valence-corrected chi connectivity index (χ4v) is 4.11. The number of alkyl carbamates (subject to hydrolysis) is 1. The Bertz CT molecular complexity index is 1080. The van der Waals surface area contributed by atoms with Crippen LogP contribution in [0.25, 0.3) is 6.08 Å². The van der Waals surface area contributed by atoms with Gasteiger partial charge in [0.05, 0.1) is 0 Å². The van der Waals surface area contributed by atoms with Gasteiger partial charge in [-0.15, -0.1) is 0 Å². The molecule has 0 aliphatic carbocycles. The molecular weight excluding hydrogens is 474 g/mol. The molecule has 2 N–H and O–H groups in total. The van der Waals surface area contributed by atoms with Gasteiger partial charge in [-0.3, -0.25) is 9.59 Å². The van der Waals surface area contributed by atoms with E-state index in [-0.39, 0.29) is 11.8 Å². The Morgan fingerprint density at radius 3 is 2.44 bits per heavy atom. The average molecular weight is 512 g/mol. The van der Waals surface area contributed by atoms with E-state index in [0.29, 0.717) is 23.4 Å². The summed E-state index contributed by atoms with van der Waals surface area (Å²) in [6, 6.07) is 13.0. The second-order valence-electron chi connectivity index (χ2n) is 9.51. The van der Waals surface area contributed by atoms with E-state index in [9.17, 15) is 14.4 Å². The van der Waals surface area contributed by atoms with Crippen molar-refractivity contribution in [1.29, 1.82) is 0 Å². The summed E-state index contributed by atoms with van der Waals surface area (Å²) in [5.74, 6) is -0.0994. The molecule has 3 amide bonds. The molecule has 2 rings (SSSR count). The first kappa shape index (κ1) is 29.0. The lowest BCUT2D eigenvalue weighted by Crippen LogP contribution is -2.51. The van der Waals surface area contributed by atoms with Gasteiger partial charge in [0.25, 0.3) is 5.91 Å². The van der Waals surface area contributed by atoms with Gasteiger partial charge in [-0.05, 0) is 74.9 Å². The number of hydrogen-bond acceptors (Lipinski definition) is 5. The number of amides is 3. The summed E-state index contributed by atoms with van der Waals surface area (Å²) in [6.07, 6.45) is 3.33. The van der Waals surface area contributed by atoms with Gasteiger partial charge in [0.1, 0.15) is 17.7 Å². The number of hydrogen-bond donors (Lipinski definition) is 2. The highest BCUT2D eigenvalue weighted by atomic mass is 32.2. The maximum absolute atomic E-state index is 13.7. The smallest absolute Gasteiger partial charge is 0.408 e. The second-order valence-corrected chi connectivity index (χ2v) is 10.5. The third kappa shape index (κ3) is 8.45. The van der Waals surface area contributed by atoms with E-state index < -0.39 is 23.8 Å². The maximum Gasteiger partial charge on any atom is 0.408 e. The molecule has 8 heteroatoms. The number of ether oxygens (including phenoxy) is 1. The first-order valence-electron chi connectivity index (χ1n) is 11.8. The molecule has 0 fully saturated rings. The van der Waals surface area contributed by atoms with Crippen molar-refractivity contribution in [2.24, 2.45) is 0 Å². The molecule has 2 aromatic rings. The molecule has 0 saturated heterocycles. The number of carbonyl (C=O) groups is 3. The molecule has 0 aliphatic heterocycles. The lowest BCUT2D eigenvalue weighted by Gasteiger charge is -2.32. The van der Waals surface area contributed by atoms with Gasteiger partial charge in [0.15, 0.2) is 0 Å². The van der Waals surface area contributed by atoms with Gasteiger partial charge < -0.3 is 20.3 Å². The fourth-order valence-electron chi connectivity index (χ4n) is 3.64. The van der Waals surface area contributed by atoms with Crippen molar-refractivity contribution in [3.8, 4) is 0 Å². The van der Waals surface area contributed by atoms with Crippen LogP contribution in [0, 0.1) is 6.92 Å². The van der Waals surface area contributed by atoms with E-state index in [0.717, 1.165) is 11.1 Å². The van der Waals surface area contributed by atoms with Crippen LogP contribution < -0.4 is 10.6 Å². The Kier molecular flexibility index (Phi) is 10.6. The van der Waals surface area contributed by atoms with E-state index in [1.54, 1.807) is 51.7 Å². The maximum atomic E-state index is 13.7. The van der Waals surface area contributed by atoms with Gasteiger partial charge in [-0.2, -0.15) is 11.8 Å². The minimum Gasteiger partial charge on any atom is -0.444 e. The molecular formula is C28H37N3O4S. The standard InChI is InChI=1S/C28H37N3O4S/c1-8-20-13-11-14-21(18-20)24(25(32)29-22-15-10-9-12-19(22)2)31(6)26(33)23(16-17-36-7)30-27(34)35-28(3,4)5/h8-15,18,23-24H,1,16-17H2,2-7H3,(H,29,32)(H,30,34). The highest BCUT2D eigenvalue weighted by Gasteiger charge is 2.34. The monoisotopic (exact) mass is 511 g/mol. The molecule has 0 heterocycles. The third-order valence-corrected chi connectivity index (χ3v) is 6.09. The molecule has 7 nitrogen and oxygen atoms in total. The van der Waals surface area contributed by atoms with Gasteiger partial charge >= 0.3 is 6.09 Å². The average Bonchev–Trinajstić information content (AvgIpc) is 2.81. The largest absolute Gasteiger partial charge is 0.444 e.